The molecule has 0 amide bonds. The number of ether oxygens (including phenoxy) is 1. The summed E-state index contributed by atoms with van der Waals surface area (Å²) in [6, 6.07) is 18.3. The first-order valence-electron chi connectivity index (χ1n) is 8.85. The molecule has 0 saturated heterocycles. The first-order chi connectivity index (χ1) is 13.1. The summed E-state index contributed by atoms with van der Waals surface area (Å²) >= 11 is 0. The van der Waals surface area contributed by atoms with Gasteiger partial charge in [0, 0.05) is 16.3 Å². The third kappa shape index (κ3) is 2.93. The predicted octanol–water partition coefficient (Wildman–Crippen LogP) is 5.68. The zero-order chi connectivity index (χ0) is 19.0. The van der Waals surface area contributed by atoms with Crippen LogP contribution in [0.2, 0.25) is 0 Å². The number of pyridine rings is 1. The zero-order valence-corrected chi connectivity index (χ0v) is 15.1. The number of fused-ring (bicyclic) bond motifs is 2. The highest BCUT2D eigenvalue weighted by molar-refractivity contribution is 6.16. The molecule has 4 heteroatoms. The Hall–Kier alpha value is -3.27. The normalized spacial score (nSPS) is 11.1. The molecule has 0 N–H and O–H groups in total. The van der Waals surface area contributed by atoms with E-state index in [1.54, 1.807) is 6.92 Å². The Morgan fingerprint density at radius 2 is 1.89 bits per heavy atom. The average molecular weight is 359 g/mol. The van der Waals surface area contributed by atoms with Gasteiger partial charge in [0.15, 0.2) is 0 Å². The van der Waals surface area contributed by atoms with Crippen molar-refractivity contribution in [1.82, 2.24) is 4.98 Å². The van der Waals surface area contributed by atoms with E-state index in [2.05, 4.69) is 4.98 Å². The maximum atomic E-state index is 14.7. The largest absolute Gasteiger partial charge is 0.462 e. The summed E-state index contributed by atoms with van der Waals surface area (Å²) in [4.78, 5) is 17.1. The number of rotatable bonds is 3. The Labute approximate surface area is 156 Å². The molecule has 0 radical (unpaired) electrons. The van der Waals surface area contributed by atoms with Crippen LogP contribution < -0.4 is 0 Å². The SMILES string of the molecule is CCOC(=O)c1ccc(F)c2nc3ccccc3c(-c3cccc(C)c3)c12. The summed E-state index contributed by atoms with van der Waals surface area (Å²) in [6.07, 6.45) is 0. The van der Waals surface area contributed by atoms with Crippen molar-refractivity contribution in [2.24, 2.45) is 0 Å². The quantitative estimate of drug-likeness (QED) is 0.349. The van der Waals surface area contributed by atoms with Crippen LogP contribution in [0.3, 0.4) is 0 Å². The number of aromatic nitrogens is 1. The van der Waals surface area contributed by atoms with Gasteiger partial charge >= 0.3 is 5.97 Å². The van der Waals surface area contributed by atoms with Crippen LogP contribution in [0.15, 0.2) is 60.7 Å². The van der Waals surface area contributed by atoms with Crippen molar-refractivity contribution < 1.29 is 13.9 Å². The summed E-state index contributed by atoms with van der Waals surface area (Å²) in [5.41, 5.74) is 3.97. The molecule has 134 valence electrons. The minimum atomic E-state index is -0.478. The average Bonchev–Trinajstić information content (AvgIpc) is 2.67. The first kappa shape index (κ1) is 17.2. The van der Waals surface area contributed by atoms with Crippen molar-refractivity contribution in [2.75, 3.05) is 6.61 Å². The Bertz CT molecular complexity index is 1180. The lowest BCUT2D eigenvalue weighted by Crippen LogP contribution is -2.07. The maximum absolute atomic E-state index is 14.7. The minimum absolute atomic E-state index is 0.177. The summed E-state index contributed by atoms with van der Waals surface area (Å²) in [5, 5.41) is 1.35. The zero-order valence-electron chi connectivity index (χ0n) is 15.1. The first-order valence-corrected chi connectivity index (χ1v) is 8.85. The molecular weight excluding hydrogens is 341 g/mol. The number of carbonyl (C=O) groups excluding carboxylic acids is 1. The van der Waals surface area contributed by atoms with Crippen LogP contribution in [-0.4, -0.2) is 17.6 Å². The van der Waals surface area contributed by atoms with Gasteiger partial charge in [0.2, 0.25) is 0 Å². The molecule has 0 aliphatic heterocycles. The minimum Gasteiger partial charge on any atom is -0.462 e. The molecule has 1 aromatic heterocycles. The van der Waals surface area contributed by atoms with Gasteiger partial charge in [-0.15, -0.1) is 0 Å². The van der Waals surface area contributed by atoms with Gasteiger partial charge in [-0.25, -0.2) is 14.2 Å². The molecule has 0 spiro atoms. The molecule has 0 atom stereocenters. The fraction of sp³-hybridized carbons (Fsp3) is 0.130. The molecule has 4 aromatic rings. The van der Waals surface area contributed by atoms with E-state index in [-0.39, 0.29) is 12.1 Å². The molecule has 0 aliphatic carbocycles. The van der Waals surface area contributed by atoms with Crippen molar-refractivity contribution in [3.8, 4) is 11.1 Å². The smallest absolute Gasteiger partial charge is 0.338 e. The number of hydrogen-bond acceptors (Lipinski definition) is 3. The number of aryl methyl sites for hydroxylation is 1. The van der Waals surface area contributed by atoms with Gasteiger partial charge in [-0.3, -0.25) is 0 Å². The number of benzene rings is 3. The number of para-hydroxylation sites is 1. The van der Waals surface area contributed by atoms with E-state index in [4.69, 9.17) is 4.74 Å². The molecule has 27 heavy (non-hydrogen) atoms. The maximum Gasteiger partial charge on any atom is 0.338 e. The van der Waals surface area contributed by atoms with Gasteiger partial charge in [0.05, 0.1) is 17.7 Å². The van der Waals surface area contributed by atoms with Crippen molar-refractivity contribution >= 4 is 27.8 Å². The third-order valence-corrected chi connectivity index (χ3v) is 4.59. The summed E-state index contributed by atoms with van der Waals surface area (Å²) in [5.74, 6) is -0.939. The van der Waals surface area contributed by atoms with Crippen molar-refractivity contribution in [3.63, 3.8) is 0 Å². The van der Waals surface area contributed by atoms with Crippen molar-refractivity contribution in [2.45, 2.75) is 13.8 Å². The van der Waals surface area contributed by atoms with E-state index in [1.807, 2.05) is 55.5 Å². The Morgan fingerprint density at radius 3 is 2.67 bits per heavy atom. The number of carbonyl (C=O) groups is 1. The van der Waals surface area contributed by atoms with E-state index in [0.717, 1.165) is 22.1 Å². The molecule has 0 unspecified atom stereocenters. The highest BCUT2D eigenvalue weighted by Crippen LogP contribution is 2.38. The lowest BCUT2D eigenvalue weighted by atomic mass is 9.92. The molecule has 0 aliphatic rings. The fourth-order valence-electron chi connectivity index (χ4n) is 3.45. The summed E-state index contributed by atoms with van der Waals surface area (Å²) in [7, 11) is 0. The number of nitrogens with zero attached hydrogens (tertiary/aromatic N) is 1. The second-order valence-corrected chi connectivity index (χ2v) is 6.41. The van der Waals surface area contributed by atoms with E-state index in [0.29, 0.717) is 16.5 Å². The molecule has 0 bridgehead atoms. The van der Waals surface area contributed by atoms with E-state index in [1.165, 1.54) is 12.1 Å². The lowest BCUT2D eigenvalue weighted by Gasteiger charge is -2.15. The van der Waals surface area contributed by atoms with Crippen LogP contribution in [0.4, 0.5) is 4.39 Å². The van der Waals surface area contributed by atoms with Crippen LogP contribution in [0, 0.1) is 12.7 Å². The standard InChI is InChI=1S/C23H18FNO2/c1-3-27-23(26)17-11-12-18(24)22-21(17)20(15-8-6-7-14(2)13-15)16-9-4-5-10-19(16)25-22/h4-13H,3H2,1-2H3. The van der Waals surface area contributed by atoms with Gasteiger partial charge in [-0.05, 0) is 37.6 Å². The van der Waals surface area contributed by atoms with E-state index >= 15 is 0 Å². The fourth-order valence-corrected chi connectivity index (χ4v) is 3.45. The number of hydrogen-bond donors (Lipinski definition) is 0. The second-order valence-electron chi connectivity index (χ2n) is 6.41. The highest BCUT2D eigenvalue weighted by Gasteiger charge is 2.21. The van der Waals surface area contributed by atoms with Crippen LogP contribution in [0.1, 0.15) is 22.8 Å². The monoisotopic (exact) mass is 359 g/mol. The van der Waals surface area contributed by atoms with E-state index in [9.17, 15) is 9.18 Å². The summed E-state index contributed by atoms with van der Waals surface area (Å²) in [6.45, 7) is 4.00. The Morgan fingerprint density at radius 1 is 1.07 bits per heavy atom. The van der Waals surface area contributed by atoms with Gasteiger partial charge < -0.3 is 4.74 Å². The van der Waals surface area contributed by atoms with Crippen LogP contribution >= 0.6 is 0 Å². The second kappa shape index (κ2) is 6.80. The topological polar surface area (TPSA) is 39.2 Å². The Kier molecular flexibility index (Phi) is 4.32. The number of halogens is 1. The molecule has 1 heterocycles. The van der Waals surface area contributed by atoms with Crippen molar-refractivity contribution in [3.05, 3.63) is 77.6 Å². The van der Waals surface area contributed by atoms with Gasteiger partial charge in [-0.1, -0.05) is 48.0 Å². The highest BCUT2D eigenvalue weighted by atomic mass is 19.1. The third-order valence-electron chi connectivity index (χ3n) is 4.59. The van der Waals surface area contributed by atoms with Gasteiger partial charge in [-0.2, -0.15) is 0 Å². The molecule has 4 rings (SSSR count). The van der Waals surface area contributed by atoms with Crippen molar-refractivity contribution in [1.29, 1.82) is 0 Å². The molecule has 0 saturated carbocycles. The van der Waals surface area contributed by atoms with E-state index < -0.39 is 11.8 Å². The molecular formula is C23H18FNO2. The molecule has 3 aromatic carbocycles. The number of esters is 1. The Balaban J connectivity index is 2.22. The van der Waals surface area contributed by atoms with Gasteiger partial charge in [0.1, 0.15) is 11.3 Å². The van der Waals surface area contributed by atoms with Crippen LogP contribution in [0.25, 0.3) is 32.9 Å². The predicted molar refractivity (Wildman–Crippen MR) is 105 cm³/mol. The molecule has 3 nitrogen and oxygen atoms in total. The molecule has 0 fully saturated rings. The van der Waals surface area contributed by atoms with Crippen LogP contribution in [-0.2, 0) is 4.74 Å². The summed E-state index contributed by atoms with van der Waals surface area (Å²) < 4.78 is 19.9. The lowest BCUT2D eigenvalue weighted by molar-refractivity contribution is 0.0528. The van der Waals surface area contributed by atoms with Gasteiger partial charge in [0.25, 0.3) is 0 Å². The van der Waals surface area contributed by atoms with Crippen LogP contribution in [0.5, 0.6) is 0 Å².